The molecular formula is C29H21N. The molecule has 0 amide bonds. The van der Waals surface area contributed by atoms with Gasteiger partial charge < -0.3 is 0 Å². The highest BCUT2D eigenvalue weighted by molar-refractivity contribution is 5.85. The Kier molecular flexibility index (Phi) is 4.93. The number of nitrogens with zero attached hydrogens (tertiary/aromatic N) is 1. The van der Waals surface area contributed by atoms with Crippen molar-refractivity contribution in [3.05, 3.63) is 127 Å². The molecule has 0 aliphatic rings. The summed E-state index contributed by atoms with van der Waals surface area (Å²) in [6.07, 6.45) is 0. The molecule has 0 atom stereocenters. The molecule has 0 spiro atoms. The van der Waals surface area contributed by atoms with E-state index in [1.165, 1.54) is 22.3 Å². The van der Waals surface area contributed by atoms with E-state index in [9.17, 15) is 0 Å². The van der Waals surface area contributed by atoms with E-state index in [1.54, 1.807) is 0 Å². The smallest absolute Gasteiger partial charge is 0.0715 e. The minimum atomic E-state index is 0.981. The fraction of sp³-hybridized carbons (Fsp3) is 0. The number of hydrogen-bond acceptors (Lipinski definition) is 1. The van der Waals surface area contributed by atoms with Crippen molar-refractivity contribution in [3.8, 4) is 44.8 Å². The van der Waals surface area contributed by atoms with Crippen LogP contribution in [0.25, 0.3) is 44.8 Å². The number of rotatable bonds is 4. The second-order valence-corrected chi connectivity index (χ2v) is 7.23. The lowest BCUT2D eigenvalue weighted by Gasteiger charge is -2.13. The molecule has 5 aromatic rings. The molecule has 0 radical (unpaired) electrons. The van der Waals surface area contributed by atoms with Gasteiger partial charge in [-0.15, -0.1) is 0 Å². The van der Waals surface area contributed by atoms with Crippen LogP contribution in [-0.2, 0) is 0 Å². The van der Waals surface area contributed by atoms with Gasteiger partial charge in [-0.1, -0.05) is 115 Å². The fourth-order valence-electron chi connectivity index (χ4n) is 3.89. The summed E-state index contributed by atoms with van der Waals surface area (Å²) in [5.74, 6) is 0. The van der Waals surface area contributed by atoms with Gasteiger partial charge in [-0.3, -0.25) is 0 Å². The summed E-state index contributed by atoms with van der Waals surface area (Å²) in [5, 5.41) is 0. The van der Waals surface area contributed by atoms with Crippen molar-refractivity contribution in [2.45, 2.75) is 0 Å². The molecule has 0 saturated carbocycles. The Bertz CT molecular complexity index is 1180. The summed E-state index contributed by atoms with van der Waals surface area (Å²) in [6, 6.07) is 44.2. The molecule has 5 rings (SSSR count). The molecule has 4 aromatic carbocycles. The van der Waals surface area contributed by atoms with E-state index in [-0.39, 0.29) is 0 Å². The minimum Gasteiger partial charge on any atom is -0.248 e. The third kappa shape index (κ3) is 3.54. The summed E-state index contributed by atoms with van der Waals surface area (Å²) >= 11 is 0. The summed E-state index contributed by atoms with van der Waals surface area (Å²) in [4.78, 5) is 5.09. The van der Waals surface area contributed by atoms with Gasteiger partial charge in [0, 0.05) is 11.1 Å². The van der Waals surface area contributed by atoms with Gasteiger partial charge in [-0.25, -0.2) is 4.98 Å². The second kappa shape index (κ2) is 8.18. The van der Waals surface area contributed by atoms with Crippen LogP contribution in [0.5, 0.6) is 0 Å². The van der Waals surface area contributed by atoms with Crippen molar-refractivity contribution in [2.75, 3.05) is 0 Å². The highest BCUT2D eigenvalue weighted by Crippen LogP contribution is 2.34. The fourth-order valence-corrected chi connectivity index (χ4v) is 3.89. The number of aromatic nitrogens is 1. The standard InChI is InChI=1S/C29H21N/c1-3-12-22(13-4-1)24-16-7-9-18-26(24)28-20-11-21-29(30-28)27-19-10-8-17-25(27)23-14-5-2-6-15-23/h1-21H. The molecule has 0 bridgehead atoms. The normalized spacial score (nSPS) is 10.7. The van der Waals surface area contributed by atoms with Crippen LogP contribution in [0, 0.1) is 0 Å². The molecule has 1 aromatic heterocycles. The highest BCUT2D eigenvalue weighted by atomic mass is 14.7. The summed E-state index contributed by atoms with van der Waals surface area (Å²) in [5.41, 5.74) is 9.03. The van der Waals surface area contributed by atoms with Gasteiger partial charge in [0.05, 0.1) is 11.4 Å². The van der Waals surface area contributed by atoms with E-state index < -0.39 is 0 Å². The topological polar surface area (TPSA) is 12.9 Å². The summed E-state index contributed by atoms with van der Waals surface area (Å²) < 4.78 is 0. The molecule has 1 nitrogen and oxygen atoms in total. The second-order valence-electron chi connectivity index (χ2n) is 7.23. The van der Waals surface area contributed by atoms with Crippen molar-refractivity contribution in [2.24, 2.45) is 0 Å². The molecule has 0 aliphatic carbocycles. The zero-order valence-electron chi connectivity index (χ0n) is 16.6. The van der Waals surface area contributed by atoms with Gasteiger partial charge in [0.1, 0.15) is 0 Å². The van der Waals surface area contributed by atoms with Gasteiger partial charge in [-0.05, 0) is 34.4 Å². The van der Waals surface area contributed by atoms with Crippen LogP contribution in [-0.4, -0.2) is 4.98 Å². The maximum Gasteiger partial charge on any atom is 0.0715 e. The van der Waals surface area contributed by atoms with Crippen LogP contribution in [0.4, 0.5) is 0 Å². The molecule has 0 N–H and O–H groups in total. The van der Waals surface area contributed by atoms with E-state index in [4.69, 9.17) is 4.98 Å². The monoisotopic (exact) mass is 383 g/mol. The summed E-state index contributed by atoms with van der Waals surface area (Å²) in [6.45, 7) is 0. The quantitative estimate of drug-likeness (QED) is 0.309. The van der Waals surface area contributed by atoms with Gasteiger partial charge >= 0.3 is 0 Å². The molecule has 30 heavy (non-hydrogen) atoms. The molecule has 0 aliphatic heterocycles. The van der Waals surface area contributed by atoms with Crippen LogP contribution in [0.1, 0.15) is 0 Å². The number of pyridine rings is 1. The van der Waals surface area contributed by atoms with Crippen LogP contribution < -0.4 is 0 Å². The van der Waals surface area contributed by atoms with Crippen LogP contribution in [0.3, 0.4) is 0 Å². The Morgan fingerprint density at radius 1 is 0.300 bits per heavy atom. The molecule has 142 valence electrons. The van der Waals surface area contributed by atoms with E-state index in [0.717, 1.165) is 22.5 Å². The first-order valence-electron chi connectivity index (χ1n) is 10.2. The van der Waals surface area contributed by atoms with Crippen molar-refractivity contribution in [1.29, 1.82) is 0 Å². The maximum absolute atomic E-state index is 5.09. The lowest BCUT2D eigenvalue weighted by atomic mass is 9.95. The summed E-state index contributed by atoms with van der Waals surface area (Å²) in [7, 11) is 0. The molecule has 0 unspecified atom stereocenters. The van der Waals surface area contributed by atoms with Crippen molar-refractivity contribution in [3.63, 3.8) is 0 Å². The van der Waals surface area contributed by atoms with Gasteiger partial charge in [-0.2, -0.15) is 0 Å². The van der Waals surface area contributed by atoms with Gasteiger partial charge in [0.2, 0.25) is 0 Å². The van der Waals surface area contributed by atoms with Gasteiger partial charge in [0.15, 0.2) is 0 Å². The number of hydrogen-bond donors (Lipinski definition) is 0. The first-order valence-corrected chi connectivity index (χ1v) is 10.2. The lowest BCUT2D eigenvalue weighted by Crippen LogP contribution is -1.92. The predicted molar refractivity (Wildman–Crippen MR) is 126 cm³/mol. The SMILES string of the molecule is c1ccc(-c2ccccc2-c2cccc(-c3ccccc3-c3ccccc3)n2)cc1. The zero-order valence-corrected chi connectivity index (χ0v) is 16.6. The molecule has 0 fully saturated rings. The van der Waals surface area contributed by atoms with E-state index in [2.05, 4.69) is 115 Å². The Labute approximate surface area is 177 Å². The minimum absolute atomic E-state index is 0.981. The van der Waals surface area contributed by atoms with Gasteiger partial charge in [0.25, 0.3) is 0 Å². The Hall–Kier alpha value is -3.97. The third-order valence-electron chi connectivity index (χ3n) is 5.32. The van der Waals surface area contributed by atoms with Crippen molar-refractivity contribution >= 4 is 0 Å². The third-order valence-corrected chi connectivity index (χ3v) is 5.32. The Morgan fingerprint density at radius 3 is 1.10 bits per heavy atom. The Morgan fingerprint density at radius 2 is 0.667 bits per heavy atom. The first-order chi connectivity index (χ1) is 14.9. The van der Waals surface area contributed by atoms with Crippen LogP contribution >= 0.6 is 0 Å². The average Bonchev–Trinajstić information content (AvgIpc) is 2.85. The molecule has 1 heterocycles. The molecule has 0 saturated heterocycles. The zero-order chi connectivity index (χ0) is 20.2. The van der Waals surface area contributed by atoms with E-state index in [1.807, 2.05) is 12.1 Å². The lowest BCUT2D eigenvalue weighted by molar-refractivity contribution is 1.32. The van der Waals surface area contributed by atoms with E-state index >= 15 is 0 Å². The van der Waals surface area contributed by atoms with Crippen molar-refractivity contribution in [1.82, 2.24) is 4.98 Å². The highest BCUT2D eigenvalue weighted by Gasteiger charge is 2.11. The van der Waals surface area contributed by atoms with Crippen LogP contribution in [0.15, 0.2) is 127 Å². The number of benzene rings is 4. The predicted octanol–water partition coefficient (Wildman–Crippen LogP) is 7.75. The first kappa shape index (κ1) is 18.1. The van der Waals surface area contributed by atoms with E-state index in [0.29, 0.717) is 0 Å². The maximum atomic E-state index is 5.09. The largest absolute Gasteiger partial charge is 0.248 e. The van der Waals surface area contributed by atoms with Crippen molar-refractivity contribution < 1.29 is 0 Å². The Balaban J connectivity index is 1.64. The average molecular weight is 383 g/mol. The van der Waals surface area contributed by atoms with Crippen LogP contribution in [0.2, 0.25) is 0 Å². The molecular weight excluding hydrogens is 362 g/mol. The molecule has 1 heteroatoms.